The van der Waals surface area contributed by atoms with Crippen molar-refractivity contribution >= 4 is 5.91 Å². The Hall–Kier alpha value is -1.46. The summed E-state index contributed by atoms with van der Waals surface area (Å²) in [5.41, 5.74) is 5.32. The average Bonchev–Trinajstić information content (AvgIpc) is 2.20. The lowest BCUT2D eigenvalue weighted by atomic mass is 10.2. The van der Waals surface area contributed by atoms with Gasteiger partial charge < -0.3 is 16.2 Å². The van der Waals surface area contributed by atoms with Crippen LogP contribution >= 0.6 is 0 Å². The summed E-state index contributed by atoms with van der Waals surface area (Å²) in [6, 6.07) is 6.28. The smallest absolute Gasteiger partial charge is 0.247 e. The van der Waals surface area contributed by atoms with Gasteiger partial charge in [-0.2, -0.15) is 0 Å². The van der Waals surface area contributed by atoms with E-state index < -0.39 is 12.0 Å². The molecule has 1 rings (SSSR count). The van der Waals surface area contributed by atoms with Crippen LogP contribution in [-0.4, -0.2) is 23.7 Å². The first-order valence-corrected chi connectivity index (χ1v) is 4.52. The SMILES string of the molecule is NC(=O)C(O)CNCc1ccccc1F. The number of hydrogen-bond acceptors (Lipinski definition) is 3. The number of rotatable bonds is 5. The van der Waals surface area contributed by atoms with E-state index in [2.05, 4.69) is 5.32 Å². The number of aliphatic hydroxyl groups excluding tert-OH is 1. The minimum Gasteiger partial charge on any atom is -0.382 e. The van der Waals surface area contributed by atoms with Crippen LogP contribution in [-0.2, 0) is 11.3 Å². The Balaban J connectivity index is 2.38. The second-order valence-electron chi connectivity index (χ2n) is 3.14. The van der Waals surface area contributed by atoms with Crippen LogP contribution < -0.4 is 11.1 Å². The van der Waals surface area contributed by atoms with Crippen LogP contribution in [0.1, 0.15) is 5.56 Å². The van der Waals surface area contributed by atoms with Crippen LogP contribution in [0.3, 0.4) is 0 Å². The zero-order valence-electron chi connectivity index (χ0n) is 8.11. The van der Waals surface area contributed by atoms with Gasteiger partial charge in [0.25, 0.3) is 0 Å². The maximum atomic E-state index is 13.1. The van der Waals surface area contributed by atoms with Crippen LogP contribution in [0.4, 0.5) is 4.39 Å². The summed E-state index contributed by atoms with van der Waals surface area (Å²) in [6.07, 6.45) is -1.24. The molecule has 0 fully saturated rings. The Morgan fingerprint density at radius 1 is 1.53 bits per heavy atom. The van der Waals surface area contributed by atoms with E-state index in [1.165, 1.54) is 6.07 Å². The molecule has 15 heavy (non-hydrogen) atoms. The Morgan fingerprint density at radius 2 is 2.20 bits per heavy atom. The van der Waals surface area contributed by atoms with E-state index in [4.69, 9.17) is 10.8 Å². The second kappa shape index (κ2) is 5.43. The highest BCUT2D eigenvalue weighted by Crippen LogP contribution is 2.05. The van der Waals surface area contributed by atoms with E-state index in [9.17, 15) is 9.18 Å². The van der Waals surface area contributed by atoms with Crippen molar-refractivity contribution in [3.05, 3.63) is 35.6 Å². The number of primary amides is 1. The lowest BCUT2D eigenvalue weighted by Gasteiger charge is -2.08. The standard InChI is InChI=1S/C10H13FN2O2/c11-8-4-2-1-3-7(8)5-13-6-9(14)10(12)15/h1-4,9,13-14H,5-6H2,(H2,12,15). The molecule has 0 bridgehead atoms. The van der Waals surface area contributed by atoms with Gasteiger partial charge in [-0.05, 0) is 6.07 Å². The average molecular weight is 212 g/mol. The van der Waals surface area contributed by atoms with Crippen molar-refractivity contribution in [3.63, 3.8) is 0 Å². The van der Waals surface area contributed by atoms with Gasteiger partial charge in [-0.1, -0.05) is 18.2 Å². The number of halogens is 1. The van der Waals surface area contributed by atoms with Gasteiger partial charge >= 0.3 is 0 Å². The summed E-state index contributed by atoms with van der Waals surface area (Å²) >= 11 is 0. The van der Waals surface area contributed by atoms with Crippen molar-refractivity contribution in [2.24, 2.45) is 5.73 Å². The minimum atomic E-state index is -1.24. The fourth-order valence-electron chi connectivity index (χ4n) is 1.09. The topological polar surface area (TPSA) is 75.4 Å². The van der Waals surface area contributed by atoms with Crippen molar-refractivity contribution in [1.29, 1.82) is 0 Å². The van der Waals surface area contributed by atoms with Gasteiger partial charge in [-0.25, -0.2) is 4.39 Å². The quantitative estimate of drug-likeness (QED) is 0.630. The first-order chi connectivity index (χ1) is 7.11. The molecule has 0 aliphatic carbocycles. The normalized spacial score (nSPS) is 12.4. The van der Waals surface area contributed by atoms with Crippen LogP contribution in [0.5, 0.6) is 0 Å². The predicted octanol–water partition coefficient (Wildman–Crippen LogP) is -0.238. The zero-order chi connectivity index (χ0) is 11.3. The number of benzene rings is 1. The van der Waals surface area contributed by atoms with Gasteiger partial charge in [-0.3, -0.25) is 4.79 Å². The number of carbonyl (C=O) groups is 1. The van der Waals surface area contributed by atoms with Gasteiger partial charge in [-0.15, -0.1) is 0 Å². The molecule has 1 aromatic rings. The summed E-state index contributed by atoms with van der Waals surface area (Å²) in [4.78, 5) is 10.5. The largest absolute Gasteiger partial charge is 0.382 e. The lowest BCUT2D eigenvalue weighted by molar-refractivity contribution is -0.125. The zero-order valence-corrected chi connectivity index (χ0v) is 8.11. The molecule has 0 saturated carbocycles. The molecule has 0 aliphatic rings. The summed E-state index contributed by atoms with van der Waals surface area (Å²) in [6.45, 7) is 0.265. The maximum Gasteiger partial charge on any atom is 0.247 e. The number of amides is 1. The van der Waals surface area contributed by atoms with E-state index in [1.54, 1.807) is 18.2 Å². The molecular formula is C10H13FN2O2. The van der Waals surface area contributed by atoms with Crippen LogP contribution in [0, 0.1) is 5.82 Å². The highest BCUT2D eigenvalue weighted by atomic mass is 19.1. The van der Waals surface area contributed by atoms with Crippen molar-refractivity contribution in [1.82, 2.24) is 5.32 Å². The molecule has 5 heteroatoms. The molecule has 0 aromatic heterocycles. The third-order valence-electron chi connectivity index (χ3n) is 1.94. The van der Waals surface area contributed by atoms with Crippen molar-refractivity contribution in [3.8, 4) is 0 Å². The first-order valence-electron chi connectivity index (χ1n) is 4.52. The molecule has 0 spiro atoms. The van der Waals surface area contributed by atoms with Crippen molar-refractivity contribution in [2.75, 3.05) is 6.54 Å². The molecule has 0 saturated heterocycles. The fourth-order valence-corrected chi connectivity index (χ4v) is 1.09. The molecule has 1 atom stereocenters. The Morgan fingerprint density at radius 3 is 2.80 bits per heavy atom. The summed E-state index contributed by atoms with van der Waals surface area (Å²) in [7, 11) is 0. The van der Waals surface area contributed by atoms with Crippen LogP contribution in [0.25, 0.3) is 0 Å². The number of aliphatic hydroxyl groups is 1. The van der Waals surface area contributed by atoms with Crippen molar-refractivity contribution < 1.29 is 14.3 Å². The molecule has 0 heterocycles. The van der Waals surface area contributed by atoms with E-state index in [0.717, 1.165) is 0 Å². The van der Waals surface area contributed by atoms with E-state index >= 15 is 0 Å². The first kappa shape index (κ1) is 11.6. The Bertz CT molecular complexity index is 344. The molecule has 4 nitrogen and oxygen atoms in total. The molecule has 1 unspecified atom stereocenters. The number of nitrogens with two attached hydrogens (primary N) is 1. The molecule has 4 N–H and O–H groups in total. The van der Waals surface area contributed by atoms with Gasteiger partial charge in [0.15, 0.2) is 0 Å². The Kier molecular flexibility index (Phi) is 4.20. The van der Waals surface area contributed by atoms with Gasteiger partial charge in [0.05, 0.1) is 0 Å². The van der Waals surface area contributed by atoms with Crippen molar-refractivity contribution in [2.45, 2.75) is 12.6 Å². The summed E-state index contributed by atoms with van der Waals surface area (Å²) in [5.74, 6) is -1.12. The van der Waals surface area contributed by atoms with E-state index in [1.807, 2.05) is 0 Å². The molecule has 1 amide bonds. The van der Waals surface area contributed by atoms with Gasteiger partial charge in [0, 0.05) is 18.7 Å². The third kappa shape index (κ3) is 3.65. The molecule has 82 valence electrons. The van der Waals surface area contributed by atoms with Gasteiger partial charge in [0.1, 0.15) is 11.9 Å². The third-order valence-corrected chi connectivity index (χ3v) is 1.94. The molecule has 1 aromatic carbocycles. The summed E-state index contributed by atoms with van der Waals surface area (Å²) in [5, 5.41) is 11.8. The fraction of sp³-hybridized carbons (Fsp3) is 0.300. The number of nitrogens with one attached hydrogen (secondary N) is 1. The molecule has 0 aliphatic heterocycles. The summed E-state index contributed by atoms with van der Waals surface area (Å²) < 4.78 is 13.1. The van der Waals surface area contributed by atoms with Crippen LogP contribution in [0.2, 0.25) is 0 Å². The molecule has 0 radical (unpaired) electrons. The minimum absolute atomic E-state index is 0.0175. The van der Waals surface area contributed by atoms with E-state index in [0.29, 0.717) is 5.56 Å². The maximum absolute atomic E-state index is 13.1. The van der Waals surface area contributed by atoms with Crippen LogP contribution in [0.15, 0.2) is 24.3 Å². The lowest BCUT2D eigenvalue weighted by Crippen LogP contribution is -2.37. The number of carbonyl (C=O) groups excluding carboxylic acids is 1. The number of hydrogen-bond donors (Lipinski definition) is 3. The second-order valence-corrected chi connectivity index (χ2v) is 3.14. The highest BCUT2D eigenvalue weighted by Gasteiger charge is 2.09. The monoisotopic (exact) mass is 212 g/mol. The van der Waals surface area contributed by atoms with Gasteiger partial charge in [0.2, 0.25) is 5.91 Å². The van der Waals surface area contributed by atoms with E-state index in [-0.39, 0.29) is 18.9 Å². The Labute approximate surface area is 86.9 Å². The predicted molar refractivity (Wildman–Crippen MR) is 53.3 cm³/mol. The molecular weight excluding hydrogens is 199 g/mol. The highest BCUT2D eigenvalue weighted by molar-refractivity contribution is 5.78.